The second kappa shape index (κ2) is 5.76. The zero-order valence-electron chi connectivity index (χ0n) is 12.7. The summed E-state index contributed by atoms with van der Waals surface area (Å²) in [6, 6.07) is 8.46. The summed E-state index contributed by atoms with van der Waals surface area (Å²) in [5.74, 6) is -0.220. The molecule has 0 radical (unpaired) electrons. The maximum Gasteiger partial charge on any atom is 0.416 e. The summed E-state index contributed by atoms with van der Waals surface area (Å²) < 4.78 is 39.8. The van der Waals surface area contributed by atoms with Crippen LogP contribution in [0, 0.1) is 0 Å². The highest BCUT2D eigenvalue weighted by Crippen LogP contribution is 2.32. The Morgan fingerprint density at radius 2 is 1.87 bits per heavy atom. The number of nitrogens with zero attached hydrogens (tertiary/aromatic N) is 2. The molecule has 1 fully saturated rings. The molecule has 0 bridgehead atoms. The van der Waals surface area contributed by atoms with Crippen LogP contribution in [0.4, 0.5) is 13.2 Å². The highest BCUT2D eigenvalue weighted by atomic mass is 19.4. The van der Waals surface area contributed by atoms with Crippen LogP contribution in [-0.2, 0) is 19.8 Å². The topological polar surface area (TPSA) is 25.2 Å². The van der Waals surface area contributed by atoms with E-state index in [0.29, 0.717) is 12.1 Å². The van der Waals surface area contributed by atoms with Gasteiger partial charge in [-0.15, -0.1) is 0 Å². The second-order valence-corrected chi connectivity index (χ2v) is 5.85. The Labute approximate surface area is 132 Å². The number of carbonyl (C=O) groups excluding carboxylic acids is 1. The number of carbonyl (C=O) groups is 1. The van der Waals surface area contributed by atoms with Crippen LogP contribution in [0.5, 0.6) is 0 Å². The van der Waals surface area contributed by atoms with Crippen molar-refractivity contribution in [2.24, 2.45) is 7.05 Å². The van der Waals surface area contributed by atoms with Gasteiger partial charge in [-0.3, -0.25) is 4.79 Å². The largest absolute Gasteiger partial charge is 0.416 e. The Balaban J connectivity index is 1.80. The second-order valence-electron chi connectivity index (χ2n) is 5.85. The highest BCUT2D eigenvalue weighted by Gasteiger charge is 2.34. The molecular formula is C17H17F3N2O. The van der Waals surface area contributed by atoms with Crippen molar-refractivity contribution in [2.75, 3.05) is 0 Å². The van der Waals surface area contributed by atoms with Gasteiger partial charge in [0.2, 0.25) is 0 Å². The van der Waals surface area contributed by atoms with Crippen LogP contribution < -0.4 is 0 Å². The number of hydrogen-bond donors (Lipinski definition) is 0. The monoisotopic (exact) mass is 322 g/mol. The van der Waals surface area contributed by atoms with Crippen LogP contribution >= 0.6 is 0 Å². The van der Waals surface area contributed by atoms with E-state index in [0.717, 1.165) is 30.7 Å². The molecule has 0 saturated heterocycles. The number of aromatic nitrogens is 1. The molecule has 2 aromatic rings. The van der Waals surface area contributed by atoms with Gasteiger partial charge in [-0.25, -0.2) is 0 Å². The molecule has 0 aliphatic heterocycles. The number of rotatable bonds is 4. The van der Waals surface area contributed by atoms with E-state index in [-0.39, 0.29) is 11.9 Å². The fraction of sp³-hybridized carbons (Fsp3) is 0.353. The van der Waals surface area contributed by atoms with Crippen molar-refractivity contribution in [3.63, 3.8) is 0 Å². The molecule has 1 aromatic heterocycles. The highest BCUT2D eigenvalue weighted by molar-refractivity contribution is 5.94. The van der Waals surface area contributed by atoms with E-state index < -0.39 is 11.7 Å². The molecule has 6 heteroatoms. The zero-order chi connectivity index (χ0) is 16.6. The maximum absolute atomic E-state index is 12.7. The summed E-state index contributed by atoms with van der Waals surface area (Å²) in [5, 5.41) is 0. The number of benzene rings is 1. The third-order valence-electron chi connectivity index (χ3n) is 4.09. The van der Waals surface area contributed by atoms with E-state index in [2.05, 4.69) is 0 Å². The number of amides is 1. The van der Waals surface area contributed by atoms with Crippen molar-refractivity contribution in [1.29, 1.82) is 0 Å². The molecule has 3 nitrogen and oxygen atoms in total. The zero-order valence-corrected chi connectivity index (χ0v) is 12.7. The molecule has 0 spiro atoms. The molecule has 1 aliphatic carbocycles. The number of alkyl halides is 3. The third kappa shape index (κ3) is 3.41. The van der Waals surface area contributed by atoms with Gasteiger partial charge in [-0.1, -0.05) is 0 Å². The van der Waals surface area contributed by atoms with Crippen LogP contribution in [0.3, 0.4) is 0 Å². The molecular weight excluding hydrogens is 305 g/mol. The van der Waals surface area contributed by atoms with Gasteiger partial charge in [-0.05, 0) is 49.2 Å². The van der Waals surface area contributed by atoms with E-state index in [1.165, 1.54) is 12.1 Å². The minimum absolute atomic E-state index is 0.180. The smallest absolute Gasteiger partial charge is 0.353 e. The number of aryl methyl sites for hydroxylation is 1. The average molecular weight is 322 g/mol. The molecule has 1 aliphatic rings. The Morgan fingerprint density at radius 3 is 2.35 bits per heavy atom. The van der Waals surface area contributed by atoms with E-state index >= 15 is 0 Å². The summed E-state index contributed by atoms with van der Waals surface area (Å²) in [7, 11) is 1.91. The first kappa shape index (κ1) is 15.6. The average Bonchev–Trinajstić information content (AvgIpc) is 3.27. The van der Waals surface area contributed by atoms with Crippen LogP contribution in [0.15, 0.2) is 42.6 Å². The first-order valence-corrected chi connectivity index (χ1v) is 7.44. The summed E-state index contributed by atoms with van der Waals surface area (Å²) >= 11 is 0. The van der Waals surface area contributed by atoms with E-state index in [1.54, 1.807) is 4.90 Å². The molecule has 3 rings (SSSR count). The SMILES string of the molecule is Cn1cccc1CN(C(=O)c1ccc(C(F)(F)F)cc1)C1CC1. The minimum Gasteiger partial charge on any atom is -0.353 e. The van der Waals surface area contributed by atoms with Gasteiger partial charge >= 0.3 is 6.18 Å². The fourth-order valence-corrected chi connectivity index (χ4v) is 2.56. The van der Waals surface area contributed by atoms with Crippen LogP contribution in [0.25, 0.3) is 0 Å². The van der Waals surface area contributed by atoms with Gasteiger partial charge in [0.1, 0.15) is 0 Å². The Bertz CT molecular complexity index is 699. The summed E-state index contributed by atoms with van der Waals surface area (Å²) in [6.07, 6.45) is -0.600. The predicted molar refractivity (Wildman–Crippen MR) is 79.8 cm³/mol. The number of halogens is 3. The molecule has 122 valence electrons. The Hall–Kier alpha value is -2.24. The quantitative estimate of drug-likeness (QED) is 0.839. The van der Waals surface area contributed by atoms with Gasteiger partial charge in [0.25, 0.3) is 5.91 Å². The van der Waals surface area contributed by atoms with Gasteiger partial charge in [0.05, 0.1) is 12.1 Å². The maximum atomic E-state index is 12.7. The first-order valence-electron chi connectivity index (χ1n) is 7.44. The van der Waals surface area contributed by atoms with Crippen LogP contribution in [0.1, 0.15) is 34.5 Å². The molecule has 0 N–H and O–H groups in total. The van der Waals surface area contributed by atoms with E-state index in [9.17, 15) is 18.0 Å². The Morgan fingerprint density at radius 1 is 1.22 bits per heavy atom. The molecule has 23 heavy (non-hydrogen) atoms. The van der Waals surface area contributed by atoms with Gasteiger partial charge in [0, 0.05) is 30.5 Å². The van der Waals surface area contributed by atoms with Crippen molar-refractivity contribution in [1.82, 2.24) is 9.47 Å². The lowest BCUT2D eigenvalue weighted by atomic mass is 10.1. The molecule has 1 heterocycles. The fourth-order valence-electron chi connectivity index (χ4n) is 2.56. The van der Waals surface area contributed by atoms with Crippen LogP contribution in [-0.4, -0.2) is 21.4 Å². The molecule has 1 amide bonds. The van der Waals surface area contributed by atoms with Crippen molar-refractivity contribution < 1.29 is 18.0 Å². The van der Waals surface area contributed by atoms with Gasteiger partial charge in [-0.2, -0.15) is 13.2 Å². The van der Waals surface area contributed by atoms with Gasteiger partial charge < -0.3 is 9.47 Å². The van der Waals surface area contributed by atoms with Crippen molar-refractivity contribution >= 4 is 5.91 Å². The van der Waals surface area contributed by atoms with Gasteiger partial charge in [0.15, 0.2) is 0 Å². The first-order chi connectivity index (χ1) is 10.9. The summed E-state index contributed by atoms with van der Waals surface area (Å²) in [5.41, 5.74) is 0.547. The van der Waals surface area contributed by atoms with Crippen molar-refractivity contribution in [3.8, 4) is 0 Å². The summed E-state index contributed by atoms with van der Waals surface area (Å²) in [6.45, 7) is 0.466. The lowest BCUT2D eigenvalue weighted by Crippen LogP contribution is -2.33. The standard InChI is InChI=1S/C17H17F3N2O/c1-21-10-2-3-15(21)11-22(14-8-9-14)16(23)12-4-6-13(7-5-12)17(18,19)20/h2-7,10,14H,8-9,11H2,1H3. The molecule has 1 aromatic carbocycles. The third-order valence-corrected chi connectivity index (χ3v) is 4.09. The minimum atomic E-state index is -4.39. The lowest BCUT2D eigenvalue weighted by Gasteiger charge is -2.23. The summed E-state index contributed by atoms with van der Waals surface area (Å²) in [4.78, 5) is 14.4. The molecule has 0 unspecified atom stereocenters. The van der Waals surface area contributed by atoms with Crippen molar-refractivity contribution in [3.05, 3.63) is 59.4 Å². The lowest BCUT2D eigenvalue weighted by molar-refractivity contribution is -0.137. The van der Waals surface area contributed by atoms with E-state index in [4.69, 9.17) is 0 Å². The van der Waals surface area contributed by atoms with Crippen molar-refractivity contribution in [2.45, 2.75) is 31.6 Å². The molecule has 0 atom stereocenters. The van der Waals surface area contributed by atoms with E-state index in [1.807, 2.05) is 29.9 Å². The normalized spacial score (nSPS) is 14.8. The number of hydrogen-bond acceptors (Lipinski definition) is 1. The Kier molecular flexibility index (Phi) is 3.92. The molecule has 1 saturated carbocycles. The predicted octanol–water partition coefficient (Wildman–Crippen LogP) is 3.85. The van der Waals surface area contributed by atoms with Crippen LogP contribution in [0.2, 0.25) is 0 Å².